The molecule has 9 heteroatoms. The van der Waals surface area contributed by atoms with E-state index < -0.39 is 10.0 Å². The van der Waals surface area contributed by atoms with Gasteiger partial charge in [-0.2, -0.15) is 0 Å². The molecule has 0 aliphatic carbocycles. The highest BCUT2D eigenvalue weighted by Gasteiger charge is 2.10. The number of thioether (sulfide) groups is 1. The van der Waals surface area contributed by atoms with Gasteiger partial charge in [0.25, 0.3) is 0 Å². The number of aromatic nitrogens is 1. The molecule has 0 fully saturated rings. The molecule has 2 aromatic carbocycles. The summed E-state index contributed by atoms with van der Waals surface area (Å²) in [5.41, 5.74) is 4.10. The fourth-order valence-corrected chi connectivity index (χ4v) is 4.87. The van der Waals surface area contributed by atoms with E-state index in [1.54, 1.807) is 36.0 Å². The van der Waals surface area contributed by atoms with Crippen LogP contribution >= 0.6 is 23.1 Å². The lowest BCUT2D eigenvalue weighted by Crippen LogP contribution is -2.15. The molecule has 0 saturated carbocycles. The molecule has 0 bridgehead atoms. The van der Waals surface area contributed by atoms with Crippen molar-refractivity contribution in [2.45, 2.75) is 23.4 Å². The van der Waals surface area contributed by atoms with Crippen molar-refractivity contribution in [3.05, 3.63) is 70.7 Å². The van der Waals surface area contributed by atoms with Gasteiger partial charge < -0.3 is 5.32 Å². The Kier molecular flexibility index (Phi) is 6.94. The summed E-state index contributed by atoms with van der Waals surface area (Å²) in [5.74, 6) is 0.626. The first-order valence-corrected chi connectivity index (χ1v) is 12.5. The molecular formula is C20H21N3O3S3. The molecule has 6 nitrogen and oxygen atoms in total. The topological polar surface area (TPSA) is 88.2 Å². The second-order valence-electron chi connectivity index (χ2n) is 6.56. The second-order valence-corrected chi connectivity index (χ2v) is 10.4. The van der Waals surface area contributed by atoms with E-state index in [2.05, 4.69) is 46.2 Å². The molecule has 2 N–H and O–H groups in total. The Morgan fingerprint density at radius 2 is 1.86 bits per heavy atom. The van der Waals surface area contributed by atoms with Crippen LogP contribution in [0.4, 0.5) is 11.4 Å². The highest BCUT2D eigenvalue weighted by molar-refractivity contribution is 8.00. The fraction of sp³-hybridized carbons (Fsp3) is 0.200. The molecule has 3 rings (SSSR count). The molecule has 29 heavy (non-hydrogen) atoms. The number of amides is 1. The molecule has 0 aliphatic heterocycles. The van der Waals surface area contributed by atoms with Gasteiger partial charge in [0.05, 0.1) is 24.1 Å². The van der Waals surface area contributed by atoms with Crippen molar-refractivity contribution in [2.75, 3.05) is 16.3 Å². The van der Waals surface area contributed by atoms with Gasteiger partial charge in [-0.05, 0) is 30.7 Å². The molecule has 3 aromatic rings. The second kappa shape index (κ2) is 9.43. The Bertz CT molecular complexity index is 1090. The highest BCUT2D eigenvalue weighted by atomic mass is 32.2. The maximum Gasteiger partial charge on any atom is 0.230 e. The SMILES string of the molecule is Cc1ccc(CSc2nc(CC(=O)Nc3cccc(NS(C)(=O)=O)c3)cs2)cc1. The average molecular weight is 448 g/mol. The number of nitrogens with one attached hydrogen (secondary N) is 2. The number of nitrogens with zero attached hydrogens (tertiary/aromatic N) is 1. The summed E-state index contributed by atoms with van der Waals surface area (Å²) in [4.78, 5) is 16.8. The minimum absolute atomic E-state index is 0.158. The van der Waals surface area contributed by atoms with E-state index in [1.165, 1.54) is 22.5 Å². The largest absolute Gasteiger partial charge is 0.326 e. The van der Waals surface area contributed by atoms with Crippen molar-refractivity contribution < 1.29 is 13.2 Å². The Labute approximate surface area is 178 Å². The van der Waals surface area contributed by atoms with Crippen LogP contribution < -0.4 is 10.0 Å². The van der Waals surface area contributed by atoms with Crippen LogP contribution in [0.2, 0.25) is 0 Å². The van der Waals surface area contributed by atoms with Gasteiger partial charge in [-0.25, -0.2) is 13.4 Å². The van der Waals surface area contributed by atoms with Crippen LogP contribution in [0.25, 0.3) is 0 Å². The Balaban J connectivity index is 1.53. The molecule has 0 unspecified atom stereocenters. The average Bonchev–Trinajstić information content (AvgIpc) is 3.07. The van der Waals surface area contributed by atoms with E-state index in [4.69, 9.17) is 0 Å². The lowest BCUT2D eigenvalue weighted by molar-refractivity contribution is -0.115. The van der Waals surface area contributed by atoms with Crippen molar-refractivity contribution in [1.29, 1.82) is 0 Å². The molecule has 1 aromatic heterocycles. The zero-order valence-electron chi connectivity index (χ0n) is 16.0. The maximum atomic E-state index is 12.3. The minimum atomic E-state index is -3.37. The van der Waals surface area contributed by atoms with Crippen LogP contribution in [-0.4, -0.2) is 25.6 Å². The third-order valence-corrected chi connectivity index (χ3v) is 6.55. The van der Waals surface area contributed by atoms with Gasteiger partial charge in [0.1, 0.15) is 4.34 Å². The van der Waals surface area contributed by atoms with Crippen molar-refractivity contribution in [3.8, 4) is 0 Å². The number of sulfonamides is 1. The molecule has 0 spiro atoms. The summed E-state index contributed by atoms with van der Waals surface area (Å²) < 4.78 is 26.0. The Morgan fingerprint density at radius 3 is 2.59 bits per heavy atom. The normalized spacial score (nSPS) is 11.2. The maximum absolute atomic E-state index is 12.3. The van der Waals surface area contributed by atoms with E-state index in [9.17, 15) is 13.2 Å². The smallest absolute Gasteiger partial charge is 0.230 e. The van der Waals surface area contributed by atoms with Crippen LogP contribution in [0, 0.1) is 6.92 Å². The molecule has 0 atom stereocenters. The molecular weight excluding hydrogens is 426 g/mol. The number of aryl methyl sites for hydroxylation is 1. The number of rotatable bonds is 8. The van der Waals surface area contributed by atoms with Crippen LogP contribution in [0.1, 0.15) is 16.8 Å². The number of carbonyl (C=O) groups is 1. The summed E-state index contributed by atoms with van der Waals surface area (Å²) in [6.45, 7) is 2.06. The number of anilines is 2. The first kappa shape index (κ1) is 21.4. The van der Waals surface area contributed by atoms with Gasteiger partial charge in [0, 0.05) is 16.8 Å². The zero-order chi connectivity index (χ0) is 20.9. The molecule has 152 valence electrons. The third-order valence-electron chi connectivity index (χ3n) is 3.80. The van der Waals surface area contributed by atoms with E-state index in [0.29, 0.717) is 17.1 Å². The minimum Gasteiger partial charge on any atom is -0.326 e. The first-order valence-electron chi connectivity index (χ1n) is 8.77. The predicted molar refractivity (Wildman–Crippen MR) is 120 cm³/mol. The quantitative estimate of drug-likeness (QED) is 0.503. The van der Waals surface area contributed by atoms with Crippen LogP contribution in [0.3, 0.4) is 0 Å². The number of hydrogen-bond donors (Lipinski definition) is 2. The van der Waals surface area contributed by atoms with Gasteiger partial charge in [-0.3, -0.25) is 9.52 Å². The summed E-state index contributed by atoms with van der Waals surface area (Å²) >= 11 is 3.17. The van der Waals surface area contributed by atoms with Crippen molar-refractivity contribution in [1.82, 2.24) is 4.98 Å². The Hall–Kier alpha value is -2.36. The number of thiazole rings is 1. The monoisotopic (exact) mass is 447 g/mol. The lowest BCUT2D eigenvalue weighted by atomic mass is 10.2. The molecule has 0 radical (unpaired) electrons. The molecule has 0 saturated heterocycles. The van der Waals surface area contributed by atoms with Crippen LogP contribution in [0.15, 0.2) is 58.3 Å². The molecule has 0 aliphatic rings. The standard InChI is InChI=1S/C20H21N3O3S3/c1-14-6-8-15(9-7-14)12-27-20-22-18(13-28-20)11-19(24)21-16-4-3-5-17(10-16)23-29(2,25)26/h3-10,13,23H,11-12H2,1-2H3,(H,21,24). The fourth-order valence-electron chi connectivity index (χ4n) is 2.51. The van der Waals surface area contributed by atoms with Crippen molar-refractivity contribution in [3.63, 3.8) is 0 Å². The van der Waals surface area contributed by atoms with E-state index in [-0.39, 0.29) is 12.3 Å². The number of benzene rings is 2. The lowest BCUT2D eigenvalue weighted by Gasteiger charge is -2.08. The van der Waals surface area contributed by atoms with Crippen LogP contribution in [0.5, 0.6) is 0 Å². The van der Waals surface area contributed by atoms with Gasteiger partial charge >= 0.3 is 0 Å². The zero-order valence-corrected chi connectivity index (χ0v) is 18.5. The first-order chi connectivity index (χ1) is 13.8. The molecule has 1 heterocycles. The van der Waals surface area contributed by atoms with Crippen molar-refractivity contribution in [2.24, 2.45) is 0 Å². The third kappa shape index (κ3) is 7.19. The van der Waals surface area contributed by atoms with Gasteiger partial charge in [-0.15, -0.1) is 11.3 Å². The predicted octanol–water partition coefficient (Wildman–Crippen LogP) is 4.30. The van der Waals surface area contributed by atoms with Crippen LogP contribution in [-0.2, 0) is 27.0 Å². The summed E-state index contributed by atoms with van der Waals surface area (Å²) in [5, 5.41) is 4.66. The Morgan fingerprint density at radius 1 is 1.14 bits per heavy atom. The highest BCUT2D eigenvalue weighted by Crippen LogP contribution is 2.26. The van der Waals surface area contributed by atoms with E-state index in [1.807, 2.05) is 5.38 Å². The van der Waals surface area contributed by atoms with E-state index >= 15 is 0 Å². The van der Waals surface area contributed by atoms with Gasteiger partial charge in [-0.1, -0.05) is 47.7 Å². The van der Waals surface area contributed by atoms with E-state index in [0.717, 1.165) is 16.3 Å². The summed E-state index contributed by atoms with van der Waals surface area (Å²) in [7, 11) is -3.37. The number of hydrogen-bond acceptors (Lipinski definition) is 6. The van der Waals surface area contributed by atoms with Crippen molar-refractivity contribution >= 4 is 50.4 Å². The van der Waals surface area contributed by atoms with Gasteiger partial charge in [0.15, 0.2) is 0 Å². The number of carbonyl (C=O) groups excluding carboxylic acids is 1. The summed E-state index contributed by atoms with van der Waals surface area (Å²) in [6, 6.07) is 15.0. The van der Waals surface area contributed by atoms with Gasteiger partial charge in [0.2, 0.25) is 15.9 Å². The molecule has 1 amide bonds. The summed E-state index contributed by atoms with van der Waals surface area (Å²) in [6.07, 6.45) is 1.24.